The lowest BCUT2D eigenvalue weighted by Crippen LogP contribution is -2.15. The summed E-state index contributed by atoms with van der Waals surface area (Å²) in [5, 5.41) is 8.20. The molecule has 0 saturated carbocycles. The summed E-state index contributed by atoms with van der Waals surface area (Å²) in [6.45, 7) is 0. The molecule has 2 aromatic heterocycles. The van der Waals surface area contributed by atoms with Gasteiger partial charge >= 0.3 is 0 Å². The molecule has 96 valence electrons. The van der Waals surface area contributed by atoms with Crippen LogP contribution in [0.2, 0.25) is 0 Å². The highest BCUT2D eigenvalue weighted by Gasteiger charge is 2.20. The Kier molecular flexibility index (Phi) is 3.16. The smallest absolute Gasteiger partial charge is 0.160 e. The maximum atomic E-state index is 4.23. The summed E-state index contributed by atoms with van der Waals surface area (Å²) in [7, 11) is 1.94. The topological polar surface area (TPSA) is 48.5 Å². The zero-order valence-electron chi connectivity index (χ0n) is 10.3. The van der Waals surface area contributed by atoms with Gasteiger partial charge in [-0.05, 0) is 17.7 Å². The fraction of sp³-hybridized carbons (Fsp3) is 0.154. The zero-order valence-corrected chi connectivity index (χ0v) is 11.9. The van der Waals surface area contributed by atoms with Crippen LogP contribution in [0.5, 0.6) is 0 Å². The Hall–Kier alpha value is -1.95. The Bertz CT molecular complexity index is 674. The highest BCUT2D eigenvalue weighted by molar-refractivity contribution is 9.10. The van der Waals surface area contributed by atoms with E-state index >= 15 is 0 Å². The molecule has 2 heterocycles. The van der Waals surface area contributed by atoms with Crippen LogP contribution >= 0.6 is 15.9 Å². The number of imidazole rings is 1. The van der Waals surface area contributed by atoms with Gasteiger partial charge in [-0.25, -0.2) is 4.98 Å². The van der Waals surface area contributed by atoms with Crippen LogP contribution in [-0.4, -0.2) is 24.3 Å². The van der Waals surface area contributed by atoms with Gasteiger partial charge in [-0.2, -0.15) is 0 Å². The van der Waals surface area contributed by atoms with Crippen LogP contribution < -0.4 is 0 Å². The quantitative estimate of drug-likeness (QED) is 0.745. The molecule has 3 rings (SSSR count). The van der Waals surface area contributed by atoms with Gasteiger partial charge in [-0.15, -0.1) is 10.2 Å². The molecule has 19 heavy (non-hydrogen) atoms. The summed E-state index contributed by atoms with van der Waals surface area (Å²) in [4.78, 5) is 4.12. The molecule has 0 N–H and O–H groups in total. The number of halogens is 1. The number of hydrogen-bond donors (Lipinski definition) is 0. The minimum atomic E-state index is -0.0347. The Morgan fingerprint density at radius 3 is 2.79 bits per heavy atom. The summed E-state index contributed by atoms with van der Waals surface area (Å²) in [6.07, 6.45) is 7.19. The minimum absolute atomic E-state index is 0.0347. The lowest BCUT2D eigenvalue weighted by atomic mass is 10.1. The van der Waals surface area contributed by atoms with E-state index in [1.807, 2.05) is 34.5 Å². The van der Waals surface area contributed by atoms with Gasteiger partial charge in [0.15, 0.2) is 5.82 Å². The van der Waals surface area contributed by atoms with Crippen LogP contribution in [0.1, 0.15) is 17.4 Å². The highest BCUT2D eigenvalue weighted by Crippen LogP contribution is 2.26. The third-order valence-corrected chi connectivity index (χ3v) is 3.47. The monoisotopic (exact) mass is 317 g/mol. The van der Waals surface area contributed by atoms with E-state index < -0.39 is 0 Å². The number of hydrogen-bond acceptors (Lipinski definition) is 3. The molecule has 1 unspecified atom stereocenters. The molecule has 3 aromatic rings. The first-order valence-electron chi connectivity index (χ1n) is 5.82. The molecule has 0 amide bonds. The molecule has 5 nitrogen and oxygen atoms in total. The Morgan fingerprint density at radius 1 is 1.26 bits per heavy atom. The normalized spacial score (nSPS) is 12.5. The van der Waals surface area contributed by atoms with Gasteiger partial charge in [-0.1, -0.05) is 28.1 Å². The van der Waals surface area contributed by atoms with Crippen molar-refractivity contribution in [2.24, 2.45) is 7.05 Å². The van der Waals surface area contributed by atoms with Crippen molar-refractivity contribution in [2.45, 2.75) is 6.04 Å². The van der Waals surface area contributed by atoms with Crippen molar-refractivity contribution >= 4 is 15.9 Å². The zero-order chi connectivity index (χ0) is 13.2. The van der Waals surface area contributed by atoms with Crippen molar-refractivity contribution in [3.8, 4) is 0 Å². The molecule has 0 bridgehead atoms. The van der Waals surface area contributed by atoms with Crippen LogP contribution in [0.4, 0.5) is 0 Å². The first-order chi connectivity index (χ1) is 9.25. The summed E-state index contributed by atoms with van der Waals surface area (Å²) in [5.41, 5.74) is 1.13. The standard InChI is InChI=1S/C13H12BrN5/c1-18-9-16-17-13(18)12(19-6-5-15-8-19)10-3-2-4-11(14)7-10/h2-9,12H,1H3. The maximum absolute atomic E-state index is 4.23. The molecule has 0 aliphatic heterocycles. The fourth-order valence-electron chi connectivity index (χ4n) is 2.09. The van der Waals surface area contributed by atoms with Crippen LogP contribution in [0.3, 0.4) is 0 Å². The van der Waals surface area contributed by atoms with E-state index in [2.05, 4.69) is 43.2 Å². The second-order valence-corrected chi connectivity index (χ2v) is 5.18. The summed E-state index contributed by atoms with van der Waals surface area (Å²) in [5.74, 6) is 0.871. The number of benzene rings is 1. The summed E-state index contributed by atoms with van der Waals surface area (Å²) in [6, 6.07) is 8.14. The van der Waals surface area contributed by atoms with E-state index in [-0.39, 0.29) is 6.04 Å². The van der Waals surface area contributed by atoms with Crippen LogP contribution in [0, 0.1) is 0 Å². The van der Waals surface area contributed by atoms with Crippen molar-refractivity contribution in [3.05, 3.63) is 65.2 Å². The van der Waals surface area contributed by atoms with E-state index in [9.17, 15) is 0 Å². The first kappa shape index (κ1) is 12.1. The lowest BCUT2D eigenvalue weighted by molar-refractivity contribution is 0.605. The van der Waals surface area contributed by atoms with E-state index in [0.29, 0.717) is 0 Å². The number of nitrogens with zero attached hydrogens (tertiary/aromatic N) is 5. The summed E-state index contributed by atoms with van der Waals surface area (Å²) < 4.78 is 4.98. The molecular weight excluding hydrogens is 306 g/mol. The number of aryl methyl sites for hydroxylation is 1. The van der Waals surface area contributed by atoms with Crippen molar-refractivity contribution in [1.82, 2.24) is 24.3 Å². The average molecular weight is 318 g/mol. The molecule has 0 aliphatic carbocycles. The molecule has 0 radical (unpaired) electrons. The van der Waals surface area contributed by atoms with Gasteiger partial charge in [0.05, 0.1) is 6.33 Å². The van der Waals surface area contributed by atoms with Crippen molar-refractivity contribution in [2.75, 3.05) is 0 Å². The average Bonchev–Trinajstić information content (AvgIpc) is 3.03. The van der Waals surface area contributed by atoms with E-state index in [0.717, 1.165) is 15.9 Å². The van der Waals surface area contributed by atoms with Crippen LogP contribution in [-0.2, 0) is 7.05 Å². The lowest BCUT2D eigenvalue weighted by Gasteiger charge is -2.18. The molecule has 6 heteroatoms. The molecular formula is C13H12BrN5. The van der Waals surface area contributed by atoms with E-state index in [1.165, 1.54) is 0 Å². The van der Waals surface area contributed by atoms with E-state index in [1.54, 1.807) is 18.9 Å². The van der Waals surface area contributed by atoms with E-state index in [4.69, 9.17) is 0 Å². The first-order valence-corrected chi connectivity index (χ1v) is 6.62. The molecule has 1 atom stereocenters. The molecule has 0 aliphatic rings. The molecule has 0 saturated heterocycles. The predicted molar refractivity (Wildman–Crippen MR) is 74.6 cm³/mol. The van der Waals surface area contributed by atoms with Crippen molar-refractivity contribution in [1.29, 1.82) is 0 Å². The minimum Gasteiger partial charge on any atom is -0.323 e. The van der Waals surface area contributed by atoms with Gasteiger partial charge in [0.25, 0.3) is 0 Å². The third-order valence-electron chi connectivity index (χ3n) is 2.98. The molecule has 1 aromatic carbocycles. The Balaban J connectivity index is 2.15. The second kappa shape index (κ2) is 4.97. The van der Waals surface area contributed by atoms with Gasteiger partial charge in [-0.3, -0.25) is 0 Å². The SMILES string of the molecule is Cn1cnnc1C(c1cccc(Br)c1)n1ccnc1. The van der Waals surface area contributed by atoms with Gasteiger partial charge in [0.1, 0.15) is 12.4 Å². The molecule has 0 spiro atoms. The molecule has 0 fully saturated rings. The van der Waals surface area contributed by atoms with Gasteiger partial charge in [0, 0.05) is 23.9 Å². The number of aromatic nitrogens is 5. The third kappa shape index (κ3) is 2.31. The fourth-order valence-corrected chi connectivity index (χ4v) is 2.51. The Morgan fingerprint density at radius 2 is 2.16 bits per heavy atom. The summed E-state index contributed by atoms with van der Waals surface area (Å²) >= 11 is 3.51. The predicted octanol–water partition coefficient (Wildman–Crippen LogP) is 2.41. The van der Waals surface area contributed by atoms with Gasteiger partial charge < -0.3 is 9.13 Å². The highest BCUT2D eigenvalue weighted by atomic mass is 79.9. The van der Waals surface area contributed by atoms with Crippen LogP contribution in [0.15, 0.2) is 53.8 Å². The second-order valence-electron chi connectivity index (χ2n) is 4.27. The Labute approximate surface area is 119 Å². The van der Waals surface area contributed by atoms with Crippen molar-refractivity contribution < 1.29 is 0 Å². The van der Waals surface area contributed by atoms with Gasteiger partial charge in [0.2, 0.25) is 0 Å². The maximum Gasteiger partial charge on any atom is 0.160 e. The number of rotatable bonds is 3. The van der Waals surface area contributed by atoms with Crippen LogP contribution in [0.25, 0.3) is 0 Å². The van der Waals surface area contributed by atoms with Crippen molar-refractivity contribution in [3.63, 3.8) is 0 Å². The largest absolute Gasteiger partial charge is 0.323 e.